The van der Waals surface area contributed by atoms with Gasteiger partial charge in [-0.1, -0.05) is 19.9 Å². The van der Waals surface area contributed by atoms with Crippen LogP contribution in [0, 0.1) is 12.8 Å². The Labute approximate surface area is 152 Å². The lowest BCUT2D eigenvalue weighted by Gasteiger charge is -2.28. The van der Waals surface area contributed by atoms with Crippen LogP contribution in [0.2, 0.25) is 0 Å². The quantitative estimate of drug-likeness (QED) is 0.891. The number of benzene rings is 1. The summed E-state index contributed by atoms with van der Waals surface area (Å²) in [4.78, 5) is 28.5. The first-order valence-corrected chi connectivity index (χ1v) is 9.64. The third-order valence-electron chi connectivity index (χ3n) is 4.98. The Morgan fingerprint density at radius 3 is 2.88 bits per heavy atom. The van der Waals surface area contributed by atoms with Crippen LogP contribution in [0.3, 0.4) is 0 Å². The Morgan fingerprint density at radius 2 is 2.12 bits per heavy atom. The van der Waals surface area contributed by atoms with Crippen molar-refractivity contribution in [1.29, 1.82) is 0 Å². The first kappa shape index (κ1) is 17.7. The fourth-order valence-electron chi connectivity index (χ4n) is 3.04. The maximum atomic E-state index is 13.0. The van der Waals surface area contributed by atoms with Gasteiger partial charge < -0.3 is 10.2 Å². The highest BCUT2D eigenvalue weighted by molar-refractivity contribution is 7.10. The van der Waals surface area contributed by atoms with Gasteiger partial charge in [0, 0.05) is 35.1 Å². The van der Waals surface area contributed by atoms with Crippen LogP contribution in [0.5, 0.6) is 0 Å². The summed E-state index contributed by atoms with van der Waals surface area (Å²) < 4.78 is 0. The molecule has 2 amide bonds. The molecule has 1 aliphatic rings. The standard InChI is InChI=1S/C20H24N2O2S/c1-4-13(2)19(23)21-17-7-5-6-16(14(17)3)20(24)22-10-8-18-15(12-22)9-11-25-18/h5-7,9,11,13H,4,8,10,12H2,1-3H3,(H,21,23)/t13-/m1/s1. The fraction of sp³-hybridized carbons (Fsp3) is 0.400. The summed E-state index contributed by atoms with van der Waals surface area (Å²) >= 11 is 1.77. The van der Waals surface area contributed by atoms with Crippen LogP contribution < -0.4 is 5.32 Å². The lowest BCUT2D eigenvalue weighted by molar-refractivity contribution is -0.119. The van der Waals surface area contributed by atoms with Gasteiger partial charge in [-0.05, 0) is 54.5 Å². The number of thiophene rings is 1. The number of anilines is 1. The highest BCUT2D eigenvalue weighted by atomic mass is 32.1. The molecule has 0 radical (unpaired) electrons. The number of carbonyl (C=O) groups is 2. The number of nitrogens with zero attached hydrogens (tertiary/aromatic N) is 1. The molecular formula is C20H24N2O2S. The zero-order chi connectivity index (χ0) is 18.0. The van der Waals surface area contributed by atoms with E-state index in [1.54, 1.807) is 11.3 Å². The van der Waals surface area contributed by atoms with E-state index in [9.17, 15) is 9.59 Å². The molecule has 0 saturated carbocycles. The Kier molecular flexibility index (Phi) is 5.23. The molecule has 4 nitrogen and oxygen atoms in total. The Morgan fingerprint density at radius 1 is 1.32 bits per heavy atom. The number of nitrogens with one attached hydrogen (secondary N) is 1. The average molecular weight is 356 g/mol. The van der Waals surface area contributed by atoms with Crippen molar-refractivity contribution in [3.8, 4) is 0 Å². The van der Waals surface area contributed by atoms with Crippen molar-refractivity contribution in [3.63, 3.8) is 0 Å². The molecule has 2 heterocycles. The minimum absolute atomic E-state index is 0.00362. The van der Waals surface area contributed by atoms with Crippen molar-refractivity contribution in [3.05, 3.63) is 51.2 Å². The third kappa shape index (κ3) is 3.61. The van der Waals surface area contributed by atoms with E-state index in [1.807, 2.05) is 43.9 Å². The molecule has 0 aliphatic carbocycles. The average Bonchev–Trinajstić information content (AvgIpc) is 3.09. The van der Waals surface area contributed by atoms with E-state index in [4.69, 9.17) is 0 Å². The highest BCUT2D eigenvalue weighted by Crippen LogP contribution is 2.27. The Hall–Kier alpha value is -2.14. The zero-order valence-corrected chi connectivity index (χ0v) is 15.8. The number of carbonyl (C=O) groups excluding carboxylic acids is 2. The second-order valence-electron chi connectivity index (χ2n) is 6.62. The van der Waals surface area contributed by atoms with Crippen molar-refractivity contribution in [1.82, 2.24) is 4.90 Å². The van der Waals surface area contributed by atoms with E-state index in [0.29, 0.717) is 12.1 Å². The number of fused-ring (bicyclic) bond motifs is 1. The SMILES string of the molecule is CC[C@@H](C)C(=O)Nc1cccc(C(=O)N2CCc3sccc3C2)c1C. The van der Waals surface area contributed by atoms with Gasteiger partial charge in [-0.3, -0.25) is 9.59 Å². The van der Waals surface area contributed by atoms with Crippen LogP contribution in [0.4, 0.5) is 5.69 Å². The molecule has 1 atom stereocenters. The van der Waals surface area contributed by atoms with Gasteiger partial charge in [-0.2, -0.15) is 0 Å². The molecule has 1 aliphatic heterocycles. The number of rotatable bonds is 4. The Bertz CT molecular complexity index is 797. The van der Waals surface area contributed by atoms with Crippen molar-refractivity contribution in [2.24, 2.45) is 5.92 Å². The molecule has 0 bridgehead atoms. The summed E-state index contributed by atoms with van der Waals surface area (Å²) in [6.45, 7) is 7.22. The summed E-state index contributed by atoms with van der Waals surface area (Å²) in [6.07, 6.45) is 1.71. The molecule has 1 aromatic carbocycles. The smallest absolute Gasteiger partial charge is 0.254 e. The molecule has 1 N–H and O–H groups in total. The number of amides is 2. The van der Waals surface area contributed by atoms with Crippen molar-refractivity contribution >= 4 is 28.8 Å². The normalized spacial score (nSPS) is 14.8. The van der Waals surface area contributed by atoms with E-state index >= 15 is 0 Å². The number of hydrogen-bond donors (Lipinski definition) is 1. The van der Waals surface area contributed by atoms with Gasteiger partial charge in [-0.15, -0.1) is 11.3 Å². The largest absolute Gasteiger partial charge is 0.334 e. The van der Waals surface area contributed by atoms with Crippen molar-refractivity contribution in [2.45, 2.75) is 40.2 Å². The molecular weight excluding hydrogens is 332 g/mol. The molecule has 25 heavy (non-hydrogen) atoms. The monoisotopic (exact) mass is 356 g/mol. The van der Waals surface area contributed by atoms with Crippen LogP contribution >= 0.6 is 11.3 Å². The van der Waals surface area contributed by atoms with E-state index in [0.717, 1.165) is 30.6 Å². The summed E-state index contributed by atoms with van der Waals surface area (Å²) in [5.74, 6) is -0.0112. The topological polar surface area (TPSA) is 49.4 Å². The van der Waals surface area contributed by atoms with Gasteiger partial charge in [0.1, 0.15) is 0 Å². The third-order valence-corrected chi connectivity index (χ3v) is 6.00. The molecule has 3 rings (SSSR count). The van der Waals surface area contributed by atoms with Gasteiger partial charge in [0.2, 0.25) is 5.91 Å². The summed E-state index contributed by atoms with van der Waals surface area (Å²) in [5.41, 5.74) is 3.48. The van der Waals surface area contributed by atoms with Gasteiger partial charge >= 0.3 is 0 Å². The van der Waals surface area contributed by atoms with Crippen LogP contribution in [-0.4, -0.2) is 23.3 Å². The molecule has 0 fully saturated rings. The van der Waals surface area contributed by atoms with E-state index in [2.05, 4.69) is 16.8 Å². The summed E-state index contributed by atoms with van der Waals surface area (Å²) in [5, 5.41) is 5.05. The zero-order valence-electron chi connectivity index (χ0n) is 15.0. The molecule has 132 valence electrons. The minimum atomic E-state index is -0.0436. The van der Waals surface area contributed by atoms with Gasteiger partial charge in [0.25, 0.3) is 5.91 Å². The van der Waals surface area contributed by atoms with Crippen LogP contribution in [0.15, 0.2) is 29.6 Å². The minimum Gasteiger partial charge on any atom is -0.334 e. The predicted octanol–water partition coefficient (Wildman–Crippen LogP) is 4.24. The van der Waals surface area contributed by atoms with Crippen LogP contribution in [0.25, 0.3) is 0 Å². The van der Waals surface area contributed by atoms with E-state index in [1.165, 1.54) is 10.4 Å². The van der Waals surface area contributed by atoms with Crippen LogP contribution in [0.1, 0.15) is 46.6 Å². The molecule has 5 heteroatoms. The second kappa shape index (κ2) is 7.40. The van der Waals surface area contributed by atoms with E-state index < -0.39 is 0 Å². The van der Waals surface area contributed by atoms with Gasteiger partial charge in [0.15, 0.2) is 0 Å². The maximum Gasteiger partial charge on any atom is 0.254 e. The lowest BCUT2D eigenvalue weighted by atomic mass is 10.0. The maximum absolute atomic E-state index is 13.0. The van der Waals surface area contributed by atoms with Crippen molar-refractivity contribution < 1.29 is 9.59 Å². The first-order valence-electron chi connectivity index (χ1n) is 8.76. The highest BCUT2D eigenvalue weighted by Gasteiger charge is 2.24. The van der Waals surface area contributed by atoms with Gasteiger partial charge in [0.05, 0.1) is 0 Å². The molecule has 1 aromatic heterocycles. The Balaban J connectivity index is 1.80. The van der Waals surface area contributed by atoms with Crippen LogP contribution in [-0.2, 0) is 17.8 Å². The van der Waals surface area contributed by atoms with Crippen molar-refractivity contribution in [2.75, 3.05) is 11.9 Å². The molecule has 0 unspecified atom stereocenters. The van der Waals surface area contributed by atoms with E-state index in [-0.39, 0.29) is 17.7 Å². The molecule has 0 saturated heterocycles. The second-order valence-corrected chi connectivity index (χ2v) is 7.62. The summed E-state index contributed by atoms with van der Waals surface area (Å²) in [7, 11) is 0. The first-order chi connectivity index (χ1) is 12.0. The predicted molar refractivity (Wildman–Crippen MR) is 102 cm³/mol. The van der Waals surface area contributed by atoms with Gasteiger partial charge in [-0.25, -0.2) is 0 Å². The number of hydrogen-bond acceptors (Lipinski definition) is 3. The summed E-state index contributed by atoms with van der Waals surface area (Å²) in [6, 6.07) is 7.65. The molecule has 0 spiro atoms. The lowest BCUT2D eigenvalue weighted by Crippen LogP contribution is -2.35. The molecule has 2 aromatic rings. The fourth-order valence-corrected chi connectivity index (χ4v) is 3.93.